The van der Waals surface area contributed by atoms with Gasteiger partial charge < -0.3 is 10.6 Å². The van der Waals surface area contributed by atoms with Crippen molar-refractivity contribution in [3.05, 3.63) is 99.8 Å². The number of halogens is 2. The highest BCUT2D eigenvalue weighted by molar-refractivity contribution is 7.98. The van der Waals surface area contributed by atoms with E-state index in [-0.39, 0.29) is 11.6 Å². The van der Waals surface area contributed by atoms with Gasteiger partial charge >= 0.3 is 6.03 Å². The minimum Gasteiger partial charge on any atom is -0.331 e. The van der Waals surface area contributed by atoms with Gasteiger partial charge in [-0.15, -0.1) is 10.2 Å². The normalized spacial score (nSPS) is 10.8. The summed E-state index contributed by atoms with van der Waals surface area (Å²) in [4.78, 5) is 12.5. The summed E-state index contributed by atoms with van der Waals surface area (Å²) in [5, 5.41) is 15.7. The molecular formula is C24H21Cl2N5OS. The molecule has 1 heterocycles. The minimum atomic E-state index is -0.420. The molecule has 0 bridgehead atoms. The summed E-state index contributed by atoms with van der Waals surface area (Å²) in [6.07, 6.45) is 0. The summed E-state index contributed by atoms with van der Waals surface area (Å²) in [5.41, 5.74) is 3.71. The van der Waals surface area contributed by atoms with Crippen LogP contribution in [0.15, 0.2) is 78.0 Å². The number of aryl methyl sites for hydroxylation is 1. The molecule has 0 radical (unpaired) electrons. The molecule has 168 valence electrons. The zero-order chi connectivity index (χ0) is 23.2. The number of urea groups is 1. The van der Waals surface area contributed by atoms with Crippen molar-refractivity contribution < 1.29 is 4.79 Å². The first-order chi connectivity index (χ1) is 16.0. The van der Waals surface area contributed by atoms with Gasteiger partial charge in [-0.3, -0.25) is 4.57 Å². The van der Waals surface area contributed by atoms with Gasteiger partial charge in [0.2, 0.25) is 0 Å². The quantitative estimate of drug-likeness (QED) is 0.286. The Balaban J connectivity index is 1.52. The molecule has 2 amide bonds. The van der Waals surface area contributed by atoms with Crippen molar-refractivity contribution in [3.8, 4) is 5.69 Å². The van der Waals surface area contributed by atoms with Gasteiger partial charge in [0.05, 0.1) is 22.3 Å². The Kier molecular flexibility index (Phi) is 7.54. The summed E-state index contributed by atoms with van der Waals surface area (Å²) in [5.74, 6) is 1.37. The SMILES string of the molecule is Cc1ccc(-n2c(CNC(=O)Nc3cccc(Cl)c3Cl)nnc2SCc2ccccc2)cc1. The lowest BCUT2D eigenvalue weighted by Crippen LogP contribution is -2.29. The van der Waals surface area contributed by atoms with Crippen molar-refractivity contribution in [1.29, 1.82) is 0 Å². The second-order valence-electron chi connectivity index (χ2n) is 7.25. The zero-order valence-corrected chi connectivity index (χ0v) is 20.1. The van der Waals surface area contributed by atoms with Gasteiger partial charge in [0.15, 0.2) is 11.0 Å². The lowest BCUT2D eigenvalue weighted by atomic mass is 10.2. The van der Waals surface area contributed by atoms with Crippen LogP contribution in [0.25, 0.3) is 5.69 Å². The second-order valence-corrected chi connectivity index (χ2v) is 8.98. The number of hydrogen-bond acceptors (Lipinski definition) is 4. The molecule has 0 saturated carbocycles. The second kappa shape index (κ2) is 10.7. The summed E-state index contributed by atoms with van der Waals surface area (Å²) >= 11 is 13.8. The predicted octanol–water partition coefficient (Wildman–Crippen LogP) is 6.50. The van der Waals surface area contributed by atoms with Crippen molar-refractivity contribution in [3.63, 3.8) is 0 Å². The summed E-state index contributed by atoms with van der Waals surface area (Å²) in [6, 6.07) is 22.9. The molecular weight excluding hydrogens is 477 g/mol. The van der Waals surface area contributed by atoms with E-state index in [1.54, 1.807) is 30.0 Å². The Morgan fingerprint density at radius 1 is 0.970 bits per heavy atom. The third kappa shape index (κ3) is 5.87. The molecule has 0 aliphatic rings. The molecule has 9 heteroatoms. The van der Waals surface area contributed by atoms with Crippen LogP contribution >= 0.6 is 35.0 Å². The Hall–Kier alpha value is -3.00. The molecule has 1 aromatic heterocycles. The number of rotatable bonds is 7. The number of benzene rings is 3. The van der Waals surface area contributed by atoms with Gasteiger partial charge in [-0.1, -0.05) is 89.1 Å². The highest BCUT2D eigenvalue weighted by Crippen LogP contribution is 2.29. The largest absolute Gasteiger partial charge is 0.331 e. The first-order valence-electron chi connectivity index (χ1n) is 10.2. The van der Waals surface area contributed by atoms with Crippen LogP contribution in [0.3, 0.4) is 0 Å². The number of thioether (sulfide) groups is 1. The molecule has 0 atom stereocenters. The fraction of sp³-hybridized carbons (Fsp3) is 0.125. The van der Waals surface area contributed by atoms with Gasteiger partial charge in [-0.05, 0) is 36.8 Å². The topological polar surface area (TPSA) is 71.8 Å². The maximum atomic E-state index is 12.5. The smallest absolute Gasteiger partial charge is 0.319 e. The van der Waals surface area contributed by atoms with Crippen molar-refractivity contribution in [2.45, 2.75) is 24.4 Å². The molecule has 4 rings (SSSR count). The van der Waals surface area contributed by atoms with E-state index in [0.717, 1.165) is 22.2 Å². The summed E-state index contributed by atoms with van der Waals surface area (Å²) < 4.78 is 1.96. The van der Waals surface area contributed by atoms with Crippen molar-refractivity contribution in [1.82, 2.24) is 20.1 Å². The predicted molar refractivity (Wildman–Crippen MR) is 134 cm³/mol. The van der Waals surface area contributed by atoms with E-state index >= 15 is 0 Å². The van der Waals surface area contributed by atoms with E-state index in [4.69, 9.17) is 23.2 Å². The highest BCUT2D eigenvalue weighted by Gasteiger charge is 2.16. The number of carbonyl (C=O) groups excluding carboxylic acids is 1. The molecule has 0 aliphatic carbocycles. The number of nitrogens with one attached hydrogen (secondary N) is 2. The number of hydrogen-bond donors (Lipinski definition) is 2. The van der Waals surface area contributed by atoms with Crippen molar-refractivity contribution in [2.24, 2.45) is 0 Å². The lowest BCUT2D eigenvalue weighted by molar-refractivity contribution is 0.251. The van der Waals surface area contributed by atoms with Crippen LogP contribution in [0.2, 0.25) is 10.0 Å². The Morgan fingerprint density at radius 2 is 1.73 bits per heavy atom. The third-order valence-electron chi connectivity index (χ3n) is 4.81. The van der Waals surface area contributed by atoms with Crippen LogP contribution in [0.1, 0.15) is 17.0 Å². The maximum absolute atomic E-state index is 12.5. The van der Waals surface area contributed by atoms with Crippen LogP contribution < -0.4 is 10.6 Å². The zero-order valence-electron chi connectivity index (χ0n) is 17.8. The minimum absolute atomic E-state index is 0.177. The molecule has 0 aliphatic heterocycles. The molecule has 3 aromatic carbocycles. The monoisotopic (exact) mass is 497 g/mol. The Bertz CT molecular complexity index is 1250. The van der Waals surface area contributed by atoms with Crippen molar-refractivity contribution >= 4 is 46.7 Å². The number of carbonyl (C=O) groups is 1. The lowest BCUT2D eigenvalue weighted by Gasteiger charge is -2.12. The van der Waals surface area contributed by atoms with Gasteiger partial charge in [-0.2, -0.15) is 0 Å². The van der Waals surface area contributed by atoms with Crippen LogP contribution in [0.4, 0.5) is 10.5 Å². The highest BCUT2D eigenvalue weighted by atomic mass is 35.5. The number of nitrogens with zero attached hydrogens (tertiary/aromatic N) is 3. The van der Waals surface area contributed by atoms with Gasteiger partial charge in [0.25, 0.3) is 0 Å². The molecule has 0 spiro atoms. The third-order valence-corrected chi connectivity index (χ3v) is 6.63. The number of anilines is 1. The molecule has 0 saturated heterocycles. The summed E-state index contributed by atoms with van der Waals surface area (Å²) in [7, 11) is 0. The van der Waals surface area contributed by atoms with E-state index < -0.39 is 6.03 Å². The van der Waals surface area contributed by atoms with E-state index in [1.165, 1.54) is 5.56 Å². The standard InChI is InChI=1S/C24H21Cl2N5OS/c1-16-10-12-18(13-11-16)31-21(29-30-24(31)33-15-17-6-3-2-4-7-17)14-27-23(32)28-20-9-5-8-19(25)22(20)26/h2-13H,14-15H2,1H3,(H2,27,28,32). The average Bonchev–Trinajstić information content (AvgIpc) is 3.23. The first kappa shape index (κ1) is 23.2. The maximum Gasteiger partial charge on any atom is 0.319 e. The molecule has 4 aromatic rings. The van der Waals surface area contributed by atoms with Crippen LogP contribution in [-0.4, -0.2) is 20.8 Å². The Labute approximate surface area is 206 Å². The molecule has 0 fully saturated rings. The molecule has 2 N–H and O–H groups in total. The fourth-order valence-electron chi connectivity index (χ4n) is 3.11. The van der Waals surface area contributed by atoms with Crippen LogP contribution in [0.5, 0.6) is 0 Å². The van der Waals surface area contributed by atoms with E-state index in [1.807, 2.05) is 54.0 Å². The average molecular weight is 498 g/mol. The van der Waals surface area contributed by atoms with Gasteiger partial charge in [0, 0.05) is 11.4 Å². The van der Waals surface area contributed by atoms with E-state index in [0.29, 0.717) is 16.5 Å². The fourth-order valence-corrected chi connectivity index (χ4v) is 4.38. The van der Waals surface area contributed by atoms with E-state index in [2.05, 4.69) is 33.0 Å². The number of amides is 2. The molecule has 0 unspecified atom stereocenters. The first-order valence-corrected chi connectivity index (χ1v) is 11.9. The Morgan fingerprint density at radius 3 is 2.48 bits per heavy atom. The van der Waals surface area contributed by atoms with Crippen LogP contribution in [0, 0.1) is 6.92 Å². The van der Waals surface area contributed by atoms with Gasteiger partial charge in [0.1, 0.15) is 0 Å². The van der Waals surface area contributed by atoms with Gasteiger partial charge in [-0.25, -0.2) is 4.79 Å². The van der Waals surface area contributed by atoms with Crippen LogP contribution in [-0.2, 0) is 12.3 Å². The molecule has 6 nitrogen and oxygen atoms in total. The number of aromatic nitrogens is 3. The van der Waals surface area contributed by atoms with E-state index in [9.17, 15) is 4.79 Å². The van der Waals surface area contributed by atoms with Crippen molar-refractivity contribution in [2.75, 3.05) is 5.32 Å². The summed E-state index contributed by atoms with van der Waals surface area (Å²) in [6.45, 7) is 2.21. The molecule has 33 heavy (non-hydrogen) atoms.